The van der Waals surface area contributed by atoms with Crippen LogP contribution in [0.25, 0.3) is 0 Å². The third kappa shape index (κ3) is 5.49. The van der Waals surface area contributed by atoms with Crippen LogP contribution in [0.5, 0.6) is 0 Å². The maximum absolute atomic E-state index is 13.4. The Morgan fingerprint density at radius 1 is 0.971 bits per heavy atom. The number of alkyl halides is 3. The highest BCUT2D eigenvalue weighted by Crippen LogP contribution is 2.38. The van der Waals surface area contributed by atoms with Gasteiger partial charge in [-0.1, -0.05) is 41.9 Å². The van der Waals surface area contributed by atoms with Gasteiger partial charge in [-0.3, -0.25) is 13.9 Å². The lowest BCUT2D eigenvalue weighted by Crippen LogP contribution is -2.38. The largest absolute Gasteiger partial charge is 0.417 e. The van der Waals surface area contributed by atoms with Gasteiger partial charge >= 0.3 is 6.18 Å². The van der Waals surface area contributed by atoms with E-state index in [1.54, 1.807) is 6.07 Å². The standard InChI is InChI=1S/C22H17ClF3N3O4S/c23-18-11-10-14(12-17(18)22(24,25)26)29(34(32,33)15-6-2-1-3-7-15)13-20(30)28-19-9-5-4-8-16(19)21(27)31/h1-12H,13H2,(H2,27,31)(H,28,30). The van der Waals surface area contributed by atoms with Crippen molar-refractivity contribution >= 4 is 44.8 Å². The second-order valence-corrected chi connectivity index (χ2v) is 9.21. The molecule has 3 aromatic carbocycles. The molecule has 0 heterocycles. The van der Waals surface area contributed by atoms with E-state index < -0.39 is 50.8 Å². The normalized spacial score (nSPS) is 11.6. The van der Waals surface area contributed by atoms with Crippen LogP contribution in [0, 0.1) is 0 Å². The van der Waals surface area contributed by atoms with Crippen LogP contribution in [0.4, 0.5) is 24.5 Å². The van der Waals surface area contributed by atoms with Gasteiger partial charge < -0.3 is 11.1 Å². The number of amides is 2. The molecule has 0 bridgehead atoms. The molecule has 3 aromatic rings. The molecule has 0 saturated heterocycles. The molecular weight excluding hydrogens is 495 g/mol. The molecule has 34 heavy (non-hydrogen) atoms. The van der Waals surface area contributed by atoms with Crippen molar-refractivity contribution in [2.24, 2.45) is 5.73 Å². The predicted octanol–water partition coefficient (Wildman–Crippen LogP) is 4.29. The molecule has 0 unspecified atom stereocenters. The number of nitrogens with two attached hydrogens (primary N) is 1. The second kappa shape index (κ2) is 9.74. The zero-order valence-electron chi connectivity index (χ0n) is 17.2. The molecule has 0 aliphatic rings. The Labute approximate surface area is 198 Å². The van der Waals surface area contributed by atoms with Crippen LogP contribution in [-0.2, 0) is 21.0 Å². The molecule has 0 aliphatic heterocycles. The average molecular weight is 512 g/mol. The minimum atomic E-state index is -4.86. The maximum Gasteiger partial charge on any atom is 0.417 e. The van der Waals surface area contributed by atoms with Crippen LogP contribution in [0.15, 0.2) is 77.7 Å². The minimum Gasteiger partial charge on any atom is -0.366 e. The molecule has 178 valence electrons. The molecule has 12 heteroatoms. The van der Waals surface area contributed by atoms with Crippen LogP contribution in [0.1, 0.15) is 15.9 Å². The molecule has 0 radical (unpaired) electrons. The Balaban J connectivity index is 2.05. The van der Waals surface area contributed by atoms with Crippen LogP contribution >= 0.6 is 11.6 Å². The Hall–Kier alpha value is -3.57. The summed E-state index contributed by atoms with van der Waals surface area (Å²) in [5.41, 5.74) is 3.58. The van der Waals surface area contributed by atoms with Gasteiger partial charge in [-0.15, -0.1) is 0 Å². The van der Waals surface area contributed by atoms with E-state index in [0.717, 1.165) is 12.1 Å². The number of nitrogens with one attached hydrogen (secondary N) is 1. The van der Waals surface area contributed by atoms with Crippen LogP contribution in [0.3, 0.4) is 0 Å². The summed E-state index contributed by atoms with van der Waals surface area (Å²) < 4.78 is 67.3. The quantitative estimate of drug-likeness (QED) is 0.493. The molecule has 3 N–H and O–H groups in total. The van der Waals surface area contributed by atoms with E-state index in [1.807, 2.05) is 0 Å². The van der Waals surface area contributed by atoms with E-state index in [0.29, 0.717) is 10.4 Å². The Morgan fingerprint density at radius 2 is 1.59 bits per heavy atom. The van der Waals surface area contributed by atoms with Gasteiger partial charge in [-0.05, 0) is 42.5 Å². The molecule has 0 aromatic heterocycles. The Kier molecular flexibility index (Phi) is 7.18. The summed E-state index contributed by atoms with van der Waals surface area (Å²) in [4.78, 5) is 24.1. The van der Waals surface area contributed by atoms with Gasteiger partial charge in [-0.2, -0.15) is 13.2 Å². The summed E-state index contributed by atoms with van der Waals surface area (Å²) in [7, 11) is -4.47. The number of sulfonamides is 1. The first-order chi connectivity index (χ1) is 15.9. The van der Waals surface area contributed by atoms with Crippen molar-refractivity contribution in [2.45, 2.75) is 11.1 Å². The lowest BCUT2D eigenvalue weighted by atomic mass is 10.1. The number of anilines is 2. The molecule has 0 spiro atoms. The fourth-order valence-corrected chi connectivity index (χ4v) is 4.71. The van der Waals surface area contributed by atoms with Crippen molar-refractivity contribution in [1.29, 1.82) is 0 Å². The Bertz CT molecular complexity index is 1330. The third-order valence-corrected chi connectivity index (χ3v) is 6.75. The smallest absolute Gasteiger partial charge is 0.366 e. The number of carbonyl (C=O) groups is 2. The number of benzene rings is 3. The highest BCUT2D eigenvalue weighted by molar-refractivity contribution is 7.92. The van der Waals surface area contributed by atoms with E-state index in [1.165, 1.54) is 48.5 Å². The fourth-order valence-electron chi connectivity index (χ4n) is 3.05. The van der Waals surface area contributed by atoms with Gasteiger partial charge in [0.1, 0.15) is 6.54 Å². The number of carbonyl (C=O) groups excluding carboxylic acids is 2. The lowest BCUT2D eigenvalue weighted by Gasteiger charge is -2.25. The molecule has 0 fully saturated rings. The zero-order valence-corrected chi connectivity index (χ0v) is 18.8. The fraction of sp³-hybridized carbons (Fsp3) is 0.0909. The van der Waals surface area contributed by atoms with Gasteiger partial charge in [-0.25, -0.2) is 8.42 Å². The van der Waals surface area contributed by atoms with Gasteiger partial charge in [0.05, 0.1) is 32.4 Å². The number of nitrogens with zero attached hydrogens (tertiary/aromatic N) is 1. The summed E-state index contributed by atoms with van der Waals surface area (Å²) >= 11 is 5.67. The van der Waals surface area contributed by atoms with Crippen molar-refractivity contribution in [3.63, 3.8) is 0 Å². The first kappa shape index (κ1) is 25.1. The zero-order chi connectivity index (χ0) is 25.1. The molecule has 3 rings (SSSR count). The van der Waals surface area contributed by atoms with Crippen molar-refractivity contribution in [3.8, 4) is 0 Å². The molecule has 0 aliphatic carbocycles. The highest BCUT2D eigenvalue weighted by Gasteiger charge is 2.35. The topological polar surface area (TPSA) is 110 Å². The molecule has 0 atom stereocenters. The van der Waals surface area contributed by atoms with E-state index in [-0.39, 0.29) is 16.1 Å². The monoisotopic (exact) mass is 511 g/mol. The summed E-state index contributed by atoms with van der Waals surface area (Å²) in [6.45, 7) is -0.900. The predicted molar refractivity (Wildman–Crippen MR) is 121 cm³/mol. The molecule has 2 amide bonds. The summed E-state index contributed by atoms with van der Waals surface area (Å²) in [6.07, 6.45) is -4.86. The number of para-hydroxylation sites is 1. The third-order valence-electron chi connectivity index (χ3n) is 4.63. The molecular formula is C22H17ClF3N3O4S. The molecule has 7 nitrogen and oxygen atoms in total. The summed E-state index contributed by atoms with van der Waals surface area (Å²) in [5.74, 6) is -1.76. The van der Waals surface area contributed by atoms with Crippen molar-refractivity contribution in [1.82, 2.24) is 0 Å². The van der Waals surface area contributed by atoms with Crippen LogP contribution in [-0.4, -0.2) is 26.8 Å². The number of hydrogen-bond acceptors (Lipinski definition) is 4. The molecule has 0 saturated carbocycles. The summed E-state index contributed by atoms with van der Waals surface area (Å²) in [6, 6.07) is 15.1. The van der Waals surface area contributed by atoms with Gasteiger partial charge in [0.15, 0.2) is 0 Å². The van der Waals surface area contributed by atoms with Crippen LogP contribution < -0.4 is 15.4 Å². The average Bonchev–Trinajstić information content (AvgIpc) is 2.78. The number of hydrogen-bond donors (Lipinski definition) is 2. The van der Waals surface area contributed by atoms with E-state index in [9.17, 15) is 31.2 Å². The minimum absolute atomic E-state index is 0.0177. The van der Waals surface area contributed by atoms with E-state index in [4.69, 9.17) is 17.3 Å². The van der Waals surface area contributed by atoms with Gasteiger partial charge in [0, 0.05) is 0 Å². The Morgan fingerprint density at radius 3 is 2.21 bits per heavy atom. The van der Waals surface area contributed by atoms with Gasteiger partial charge in [0.25, 0.3) is 15.9 Å². The van der Waals surface area contributed by atoms with Gasteiger partial charge in [0.2, 0.25) is 5.91 Å². The van der Waals surface area contributed by atoms with Crippen LogP contribution in [0.2, 0.25) is 5.02 Å². The number of primary amides is 1. The summed E-state index contributed by atoms with van der Waals surface area (Å²) in [5, 5.41) is 1.75. The second-order valence-electron chi connectivity index (χ2n) is 6.94. The SMILES string of the molecule is NC(=O)c1ccccc1NC(=O)CN(c1ccc(Cl)c(C(F)(F)F)c1)S(=O)(=O)c1ccccc1. The van der Waals surface area contributed by atoms with E-state index >= 15 is 0 Å². The number of halogens is 4. The van der Waals surface area contributed by atoms with Crippen molar-refractivity contribution < 1.29 is 31.2 Å². The maximum atomic E-state index is 13.4. The van der Waals surface area contributed by atoms with E-state index in [2.05, 4.69) is 5.32 Å². The number of rotatable bonds is 7. The highest BCUT2D eigenvalue weighted by atomic mass is 35.5. The lowest BCUT2D eigenvalue weighted by molar-refractivity contribution is -0.137. The first-order valence-electron chi connectivity index (χ1n) is 9.54. The van der Waals surface area contributed by atoms with Crippen molar-refractivity contribution in [2.75, 3.05) is 16.2 Å². The first-order valence-corrected chi connectivity index (χ1v) is 11.4. The van der Waals surface area contributed by atoms with Crippen molar-refractivity contribution in [3.05, 3.63) is 88.9 Å².